The monoisotopic (exact) mass is 376 g/mol. The number of alkyl carbamates (subject to hydrolysis) is 1. The van der Waals surface area contributed by atoms with Crippen molar-refractivity contribution in [3.8, 4) is 6.07 Å². The molecular formula is C18H24N4O5. The predicted molar refractivity (Wildman–Crippen MR) is 98.4 cm³/mol. The molecular weight excluding hydrogens is 352 g/mol. The van der Waals surface area contributed by atoms with Crippen LogP contribution in [-0.2, 0) is 11.2 Å². The van der Waals surface area contributed by atoms with Gasteiger partial charge in [-0.3, -0.25) is 10.1 Å². The van der Waals surface area contributed by atoms with Gasteiger partial charge >= 0.3 is 6.09 Å². The molecule has 0 aliphatic carbocycles. The van der Waals surface area contributed by atoms with Crippen molar-refractivity contribution in [1.82, 2.24) is 5.32 Å². The van der Waals surface area contributed by atoms with Crippen LogP contribution in [0.5, 0.6) is 0 Å². The minimum Gasteiger partial charge on any atom is -0.444 e. The van der Waals surface area contributed by atoms with Gasteiger partial charge in [0.2, 0.25) is 0 Å². The Morgan fingerprint density at radius 2 is 2.22 bits per heavy atom. The normalized spacial score (nSPS) is 19.4. The lowest BCUT2D eigenvalue weighted by atomic mass is 10.1. The standard InChI is InChI=1S/C18H24N4O5/c1-18(2,3)20-17(24)27-14-9-13(11-23)21(10-14)16-8-12(6-7-19)4-5-15(16)22(25)26/h4-5,8,13-14,23H,6,9-11H2,1-3H3,(H,20,24)/t13-,14-/m0/s1. The van der Waals surface area contributed by atoms with Crippen molar-refractivity contribution < 1.29 is 19.6 Å². The molecule has 9 heteroatoms. The average molecular weight is 376 g/mol. The molecule has 0 radical (unpaired) electrons. The van der Waals surface area contributed by atoms with Gasteiger partial charge in [0.05, 0.1) is 36.6 Å². The highest BCUT2D eigenvalue weighted by molar-refractivity contribution is 5.69. The summed E-state index contributed by atoms with van der Waals surface area (Å²) in [6, 6.07) is 6.08. The van der Waals surface area contributed by atoms with Crippen LogP contribution in [0.1, 0.15) is 32.8 Å². The van der Waals surface area contributed by atoms with Gasteiger partial charge in [0.1, 0.15) is 11.8 Å². The maximum absolute atomic E-state index is 12.0. The van der Waals surface area contributed by atoms with Gasteiger partial charge in [-0.15, -0.1) is 0 Å². The van der Waals surface area contributed by atoms with Crippen molar-refractivity contribution in [3.63, 3.8) is 0 Å². The van der Waals surface area contributed by atoms with E-state index >= 15 is 0 Å². The van der Waals surface area contributed by atoms with Crippen LogP contribution >= 0.6 is 0 Å². The van der Waals surface area contributed by atoms with E-state index in [9.17, 15) is 20.0 Å². The lowest BCUT2D eigenvalue weighted by molar-refractivity contribution is -0.384. The number of hydrogen-bond donors (Lipinski definition) is 2. The first-order chi connectivity index (χ1) is 12.6. The molecule has 1 aromatic rings. The Morgan fingerprint density at radius 3 is 2.78 bits per heavy atom. The van der Waals surface area contributed by atoms with Gasteiger partial charge in [0.15, 0.2) is 0 Å². The van der Waals surface area contributed by atoms with Crippen LogP contribution < -0.4 is 10.2 Å². The smallest absolute Gasteiger partial charge is 0.407 e. The number of anilines is 1. The number of nitriles is 1. The maximum atomic E-state index is 12.0. The molecule has 1 aliphatic rings. The highest BCUT2D eigenvalue weighted by Crippen LogP contribution is 2.35. The van der Waals surface area contributed by atoms with Crippen LogP contribution in [0.15, 0.2) is 18.2 Å². The number of carbonyl (C=O) groups excluding carboxylic acids is 1. The fourth-order valence-electron chi connectivity index (χ4n) is 3.07. The van der Waals surface area contributed by atoms with Crippen LogP contribution in [0.3, 0.4) is 0 Å². The first kappa shape index (κ1) is 20.5. The molecule has 0 bridgehead atoms. The zero-order chi connectivity index (χ0) is 20.2. The first-order valence-electron chi connectivity index (χ1n) is 8.65. The third-order valence-electron chi connectivity index (χ3n) is 4.17. The van der Waals surface area contributed by atoms with E-state index in [0.717, 1.165) is 0 Å². The Labute approximate surface area is 157 Å². The van der Waals surface area contributed by atoms with Crippen molar-refractivity contribution in [2.24, 2.45) is 0 Å². The molecule has 1 saturated heterocycles. The zero-order valence-corrected chi connectivity index (χ0v) is 15.6. The van der Waals surface area contributed by atoms with E-state index in [1.54, 1.807) is 17.0 Å². The lowest BCUT2D eigenvalue weighted by Gasteiger charge is -2.25. The number of hydrogen-bond acceptors (Lipinski definition) is 7. The summed E-state index contributed by atoms with van der Waals surface area (Å²) in [7, 11) is 0. The molecule has 1 heterocycles. The van der Waals surface area contributed by atoms with Crippen molar-refractivity contribution in [3.05, 3.63) is 33.9 Å². The summed E-state index contributed by atoms with van der Waals surface area (Å²) in [5.74, 6) is 0. The molecule has 146 valence electrons. The fourth-order valence-corrected chi connectivity index (χ4v) is 3.07. The van der Waals surface area contributed by atoms with Gasteiger partial charge in [-0.25, -0.2) is 4.79 Å². The number of aliphatic hydroxyl groups excluding tert-OH is 1. The number of rotatable bonds is 5. The van der Waals surface area contributed by atoms with Crippen LogP contribution in [-0.4, -0.2) is 47.0 Å². The topological polar surface area (TPSA) is 129 Å². The first-order valence-corrected chi connectivity index (χ1v) is 8.65. The number of ether oxygens (including phenoxy) is 1. The van der Waals surface area contributed by atoms with Gasteiger partial charge in [0.25, 0.3) is 5.69 Å². The number of nitro benzene ring substituents is 1. The molecule has 0 saturated carbocycles. The molecule has 1 fully saturated rings. The molecule has 2 rings (SSSR count). The molecule has 27 heavy (non-hydrogen) atoms. The number of nitrogens with zero attached hydrogens (tertiary/aromatic N) is 3. The third-order valence-corrected chi connectivity index (χ3v) is 4.17. The second-order valence-electron chi connectivity index (χ2n) is 7.54. The molecule has 0 unspecified atom stereocenters. The summed E-state index contributed by atoms with van der Waals surface area (Å²) in [5.41, 5.74) is 0.393. The molecule has 1 aliphatic heterocycles. The van der Waals surface area contributed by atoms with Gasteiger partial charge in [-0.05, 0) is 32.4 Å². The highest BCUT2D eigenvalue weighted by Gasteiger charge is 2.37. The minimum atomic E-state index is -0.571. The molecule has 1 aromatic carbocycles. The summed E-state index contributed by atoms with van der Waals surface area (Å²) in [5, 5.41) is 32.7. The minimum absolute atomic E-state index is 0.116. The highest BCUT2D eigenvalue weighted by atomic mass is 16.6. The molecule has 0 aromatic heterocycles. The van der Waals surface area contributed by atoms with Crippen LogP contribution in [0.4, 0.5) is 16.2 Å². The maximum Gasteiger partial charge on any atom is 0.407 e. The number of nitrogens with one attached hydrogen (secondary N) is 1. The summed E-state index contributed by atoms with van der Waals surface area (Å²) < 4.78 is 5.42. The zero-order valence-electron chi connectivity index (χ0n) is 15.6. The average Bonchev–Trinajstić information content (AvgIpc) is 2.95. The van der Waals surface area contributed by atoms with Gasteiger partial charge in [-0.2, -0.15) is 5.26 Å². The van der Waals surface area contributed by atoms with E-state index in [4.69, 9.17) is 10.00 Å². The number of aliphatic hydroxyl groups is 1. The molecule has 9 nitrogen and oxygen atoms in total. The number of carbonyl (C=O) groups is 1. The van der Waals surface area contributed by atoms with E-state index in [1.165, 1.54) is 6.07 Å². The molecule has 2 atom stereocenters. The molecule has 2 N–H and O–H groups in total. The number of amides is 1. The van der Waals surface area contributed by atoms with E-state index < -0.39 is 28.7 Å². The summed E-state index contributed by atoms with van der Waals surface area (Å²) in [6.07, 6.45) is -0.605. The van der Waals surface area contributed by atoms with Gasteiger partial charge in [-0.1, -0.05) is 6.07 Å². The fraction of sp³-hybridized carbons (Fsp3) is 0.556. The Morgan fingerprint density at radius 1 is 1.52 bits per heavy atom. The van der Waals surface area contributed by atoms with Crippen molar-refractivity contribution >= 4 is 17.5 Å². The van der Waals surface area contributed by atoms with E-state index in [-0.39, 0.29) is 25.3 Å². The lowest BCUT2D eigenvalue weighted by Crippen LogP contribution is -2.42. The predicted octanol–water partition coefficient (Wildman–Crippen LogP) is 2.13. The summed E-state index contributed by atoms with van der Waals surface area (Å²) in [4.78, 5) is 24.6. The van der Waals surface area contributed by atoms with Gasteiger partial charge in [0, 0.05) is 18.0 Å². The Balaban J connectivity index is 2.24. The number of benzene rings is 1. The van der Waals surface area contributed by atoms with Crippen LogP contribution in [0.25, 0.3) is 0 Å². The SMILES string of the molecule is CC(C)(C)NC(=O)O[C@H]1C[C@@H](CO)N(c2cc(CC#N)ccc2[N+](=O)[O-])C1. The second kappa shape index (κ2) is 8.22. The Hall–Kier alpha value is -2.86. The molecule has 1 amide bonds. The number of nitro groups is 1. The van der Waals surface area contributed by atoms with Crippen LogP contribution in [0, 0.1) is 21.4 Å². The Bertz CT molecular complexity index is 753. The van der Waals surface area contributed by atoms with E-state index in [0.29, 0.717) is 17.7 Å². The van der Waals surface area contributed by atoms with E-state index in [2.05, 4.69) is 5.32 Å². The van der Waals surface area contributed by atoms with Crippen LogP contribution in [0.2, 0.25) is 0 Å². The van der Waals surface area contributed by atoms with Crippen molar-refractivity contribution in [2.45, 2.75) is 51.3 Å². The van der Waals surface area contributed by atoms with Crippen molar-refractivity contribution in [2.75, 3.05) is 18.1 Å². The summed E-state index contributed by atoms with van der Waals surface area (Å²) in [6.45, 7) is 5.47. The quantitative estimate of drug-likeness (QED) is 0.595. The second-order valence-corrected chi connectivity index (χ2v) is 7.54. The van der Waals surface area contributed by atoms with Crippen molar-refractivity contribution in [1.29, 1.82) is 5.26 Å². The largest absolute Gasteiger partial charge is 0.444 e. The third kappa shape index (κ3) is 5.31. The van der Waals surface area contributed by atoms with Gasteiger partial charge < -0.3 is 20.1 Å². The summed E-state index contributed by atoms with van der Waals surface area (Å²) >= 11 is 0. The molecule has 0 spiro atoms. The Kier molecular flexibility index (Phi) is 6.23. The van der Waals surface area contributed by atoms with E-state index in [1.807, 2.05) is 26.8 Å².